The number of carbonyl (C=O) groups excluding carboxylic acids is 2. The molecule has 2 N–H and O–H groups in total. The number of amides is 2. The quantitative estimate of drug-likeness (QED) is 0.830. The van der Waals surface area contributed by atoms with Crippen molar-refractivity contribution in [1.29, 1.82) is 0 Å². The van der Waals surface area contributed by atoms with Crippen LogP contribution in [0.2, 0.25) is 0 Å². The number of benzene rings is 2. The molecule has 1 atom stereocenters. The second kappa shape index (κ2) is 7.51. The zero-order valence-electron chi connectivity index (χ0n) is 15.8. The normalized spacial score (nSPS) is 11.8. The summed E-state index contributed by atoms with van der Waals surface area (Å²) in [6.45, 7) is 11.9. The third kappa shape index (κ3) is 4.69. The Hall–Kier alpha value is -2.62. The van der Waals surface area contributed by atoms with E-state index in [9.17, 15) is 9.59 Å². The molecule has 2 aromatic carbocycles. The van der Waals surface area contributed by atoms with Crippen molar-refractivity contribution in [3.8, 4) is 0 Å². The monoisotopic (exact) mass is 338 g/mol. The molecule has 0 aromatic heterocycles. The highest BCUT2D eigenvalue weighted by molar-refractivity contribution is 6.39. The van der Waals surface area contributed by atoms with Crippen LogP contribution < -0.4 is 10.6 Å². The van der Waals surface area contributed by atoms with Crippen molar-refractivity contribution >= 4 is 17.5 Å². The van der Waals surface area contributed by atoms with Crippen LogP contribution in [0, 0.1) is 34.6 Å². The maximum Gasteiger partial charge on any atom is 0.313 e. The minimum atomic E-state index is -0.654. The molecular weight excluding hydrogens is 312 g/mol. The summed E-state index contributed by atoms with van der Waals surface area (Å²) in [5, 5.41) is 5.45. The molecule has 2 amide bonds. The summed E-state index contributed by atoms with van der Waals surface area (Å²) in [7, 11) is 0. The van der Waals surface area contributed by atoms with E-state index in [4.69, 9.17) is 0 Å². The molecule has 0 spiro atoms. The zero-order valence-corrected chi connectivity index (χ0v) is 15.8. The summed E-state index contributed by atoms with van der Waals surface area (Å²) in [5.41, 5.74) is 7.22. The Balaban J connectivity index is 2.08. The largest absolute Gasteiger partial charge is 0.341 e. The lowest BCUT2D eigenvalue weighted by molar-refractivity contribution is -0.136. The summed E-state index contributed by atoms with van der Waals surface area (Å²) in [5.74, 6) is -1.29. The van der Waals surface area contributed by atoms with Gasteiger partial charge >= 0.3 is 11.8 Å². The van der Waals surface area contributed by atoms with Crippen LogP contribution in [0.15, 0.2) is 30.3 Å². The fourth-order valence-corrected chi connectivity index (χ4v) is 3.02. The van der Waals surface area contributed by atoms with E-state index in [-0.39, 0.29) is 6.04 Å². The first kappa shape index (κ1) is 18.7. The van der Waals surface area contributed by atoms with Crippen LogP contribution in [0.1, 0.15) is 46.3 Å². The number of carbonyl (C=O) groups is 2. The Bertz CT molecular complexity index is 805. The second-order valence-electron chi connectivity index (χ2n) is 6.82. The van der Waals surface area contributed by atoms with E-state index in [1.54, 1.807) is 0 Å². The van der Waals surface area contributed by atoms with E-state index in [0.717, 1.165) is 22.3 Å². The molecule has 0 aliphatic rings. The first-order chi connectivity index (χ1) is 11.7. The lowest BCUT2D eigenvalue weighted by Crippen LogP contribution is -2.37. The zero-order chi connectivity index (χ0) is 18.7. The molecule has 0 heterocycles. The molecule has 2 rings (SSSR count). The third-order valence-electron chi connectivity index (χ3n) is 4.38. The Morgan fingerprint density at radius 3 is 1.92 bits per heavy atom. The van der Waals surface area contributed by atoms with Crippen molar-refractivity contribution in [2.75, 3.05) is 5.32 Å². The molecule has 0 aliphatic carbocycles. The SMILES string of the molecule is Cc1cc(C)cc(NC(=O)C(=O)N[C@H](C)c2cc(C)c(C)cc2C)c1. The molecule has 0 fully saturated rings. The highest BCUT2D eigenvalue weighted by Crippen LogP contribution is 2.21. The van der Waals surface area contributed by atoms with Gasteiger partial charge in [0.05, 0.1) is 6.04 Å². The summed E-state index contributed by atoms with van der Waals surface area (Å²) >= 11 is 0. The second-order valence-corrected chi connectivity index (χ2v) is 6.82. The lowest BCUT2D eigenvalue weighted by Gasteiger charge is -2.18. The molecule has 2 aromatic rings. The van der Waals surface area contributed by atoms with E-state index in [0.29, 0.717) is 5.69 Å². The van der Waals surface area contributed by atoms with Gasteiger partial charge in [-0.2, -0.15) is 0 Å². The summed E-state index contributed by atoms with van der Waals surface area (Å²) in [6.07, 6.45) is 0. The topological polar surface area (TPSA) is 58.2 Å². The summed E-state index contributed by atoms with van der Waals surface area (Å²) < 4.78 is 0. The molecule has 4 heteroatoms. The number of rotatable bonds is 3. The van der Waals surface area contributed by atoms with Gasteiger partial charge in [0.15, 0.2) is 0 Å². The van der Waals surface area contributed by atoms with Crippen LogP contribution in [0.5, 0.6) is 0 Å². The van der Waals surface area contributed by atoms with Crippen LogP contribution in [0.3, 0.4) is 0 Å². The first-order valence-corrected chi connectivity index (χ1v) is 8.45. The van der Waals surface area contributed by atoms with Crippen molar-refractivity contribution < 1.29 is 9.59 Å². The van der Waals surface area contributed by atoms with Gasteiger partial charge in [0.1, 0.15) is 0 Å². The van der Waals surface area contributed by atoms with Gasteiger partial charge in [-0.25, -0.2) is 0 Å². The van der Waals surface area contributed by atoms with E-state index >= 15 is 0 Å². The van der Waals surface area contributed by atoms with Crippen molar-refractivity contribution in [2.24, 2.45) is 0 Å². The van der Waals surface area contributed by atoms with Gasteiger partial charge in [-0.3, -0.25) is 9.59 Å². The molecule has 0 unspecified atom stereocenters. The maximum atomic E-state index is 12.2. The van der Waals surface area contributed by atoms with E-state index in [2.05, 4.69) is 29.7 Å². The number of aryl methyl sites for hydroxylation is 5. The average Bonchev–Trinajstić information content (AvgIpc) is 2.49. The van der Waals surface area contributed by atoms with Crippen molar-refractivity contribution in [2.45, 2.75) is 47.6 Å². The lowest BCUT2D eigenvalue weighted by atomic mass is 9.96. The molecule has 0 aliphatic heterocycles. The maximum absolute atomic E-state index is 12.2. The fourth-order valence-electron chi connectivity index (χ4n) is 3.02. The molecular formula is C21H26N2O2. The third-order valence-corrected chi connectivity index (χ3v) is 4.38. The molecule has 132 valence electrons. The standard InChI is InChI=1S/C21H26N2O2/c1-12-7-13(2)9-18(8-12)23-21(25)20(24)22-17(6)19-11-15(4)14(3)10-16(19)5/h7-11,17H,1-6H3,(H,22,24)(H,23,25)/t17-/m1/s1. The molecule has 0 bridgehead atoms. The van der Waals surface area contributed by atoms with E-state index < -0.39 is 11.8 Å². The van der Waals surface area contributed by atoms with Gasteiger partial charge in [0, 0.05) is 5.69 Å². The Morgan fingerprint density at radius 1 is 0.760 bits per heavy atom. The number of nitrogens with one attached hydrogen (secondary N) is 2. The molecule has 25 heavy (non-hydrogen) atoms. The molecule has 0 radical (unpaired) electrons. The smallest absolute Gasteiger partial charge is 0.313 e. The highest BCUT2D eigenvalue weighted by Gasteiger charge is 2.19. The van der Waals surface area contributed by atoms with Crippen LogP contribution >= 0.6 is 0 Å². The predicted octanol–water partition coefficient (Wildman–Crippen LogP) is 4.04. The molecule has 0 saturated heterocycles. The number of anilines is 1. The molecule has 4 nitrogen and oxygen atoms in total. The highest BCUT2D eigenvalue weighted by atomic mass is 16.2. The van der Waals surface area contributed by atoms with Crippen molar-refractivity contribution in [3.63, 3.8) is 0 Å². The molecule has 0 saturated carbocycles. The van der Waals surface area contributed by atoms with Gasteiger partial charge in [-0.05, 0) is 87.1 Å². The van der Waals surface area contributed by atoms with Crippen LogP contribution in [-0.4, -0.2) is 11.8 Å². The number of hydrogen-bond acceptors (Lipinski definition) is 2. The van der Waals surface area contributed by atoms with E-state index in [1.807, 2.05) is 52.8 Å². The van der Waals surface area contributed by atoms with Crippen LogP contribution in [0.4, 0.5) is 5.69 Å². The van der Waals surface area contributed by atoms with Gasteiger partial charge in [-0.15, -0.1) is 0 Å². The number of hydrogen-bond donors (Lipinski definition) is 2. The van der Waals surface area contributed by atoms with Crippen molar-refractivity contribution in [1.82, 2.24) is 5.32 Å². The van der Waals surface area contributed by atoms with E-state index in [1.165, 1.54) is 11.1 Å². The predicted molar refractivity (Wildman–Crippen MR) is 102 cm³/mol. The summed E-state index contributed by atoms with van der Waals surface area (Å²) in [4.78, 5) is 24.4. The van der Waals surface area contributed by atoms with Crippen LogP contribution in [-0.2, 0) is 9.59 Å². The summed E-state index contributed by atoms with van der Waals surface area (Å²) in [6, 6.07) is 9.63. The Labute approximate surface area is 149 Å². The Morgan fingerprint density at radius 2 is 1.32 bits per heavy atom. The average molecular weight is 338 g/mol. The Kier molecular flexibility index (Phi) is 5.62. The van der Waals surface area contributed by atoms with Gasteiger partial charge in [0.25, 0.3) is 0 Å². The minimum Gasteiger partial charge on any atom is -0.341 e. The van der Waals surface area contributed by atoms with Crippen molar-refractivity contribution in [3.05, 3.63) is 63.7 Å². The van der Waals surface area contributed by atoms with Gasteiger partial charge in [0.2, 0.25) is 0 Å². The minimum absolute atomic E-state index is 0.239. The van der Waals surface area contributed by atoms with Gasteiger partial charge < -0.3 is 10.6 Å². The van der Waals surface area contributed by atoms with Gasteiger partial charge in [-0.1, -0.05) is 18.2 Å². The fraction of sp³-hybridized carbons (Fsp3) is 0.333. The van der Waals surface area contributed by atoms with Crippen LogP contribution in [0.25, 0.3) is 0 Å². The first-order valence-electron chi connectivity index (χ1n) is 8.45.